The number of aryl methyl sites for hydroxylation is 1. The fraction of sp³-hybridized carbons (Fsp3) is 0.667. The first kappa shape index (κ1) is 15.1. The normalized spacial score (nSPS) is 10.8. The maximum Gasteiger partial charge on any atom is 0.190 e. The molecule has 0 fully saturated rings. The van der Waals surface area contributed by atoms with Crippen LogP contribution in [-0.2, 0) is 13.0 Å². The Kier molecular flexibility index (Phi) is 7.86. The molecule has 7 heteroatoms. The van der Waals surface area contributed by atoms with Crippen LogP contribution in [0.25, 0.3) is 0 Å². The summed E-state index contributed by atoms with van der Waals surface area (Å²) in [4.78, 5) is 4.02. The van der Waals surface area contributed by atoms with E-state index in [0.717, 1.165) is 31.3 Å². The molecule has 1 aromatic heterocycles. The average molecular weight is 338 g/mol. The summed E-state index contributed by atoms with van der Waals surface area (Å²) in [7, 11) is 3.58. The van der Waals surface area contributed by atoms with Gasteiger partial charge in [-0.15, -0.1) is 34.2 Å². The lowest BCUT2D eigenvalue weighted by Gasteiger charge is -2.09. The summed E-state index contributed by atoms with van der Waals surface area (Å²) in [5.74, 6) is 1.80. The highest BCUT2D eigenvalue weighted by atomic mass is 127. The summed E-state index contributed by atoms with van der Waals surface area (Å²) < 4.78 is 2.04. The van der Waals surface area contributed by atoms with E-state index < -0.39 is 0 Å². The van der Waals surface area contributed by atoms with Crippen molar-refractivity contribution in [2.24, 2.45) is 4.99 Å². The average Bonchev–Trinajstić information content (AvgIpc) is 2.72. The molecule has 0 amide bonds. The number of hydrogen-bond acceptors (Lipinski definition) is 3. The first-order valence-corrected chi connectivity index (χ1v) is 5.06. The van der Waals surface area contributed by atoms with Crippen LogP contribution in [0.2, 0.25) is 0 Å². The molecule has 6 nitrogen and oxygen atoms in total. The summed E-state index contributed by atoms with van der Waals surface area (Å²) in [5, 5.41) is 14.0. The van der Waals surface area contributed by atoms with Gasteiger partial charge < -0.3 is 15.2 Å². The van der Waals surface area contributed by atoms with Crippen LogP contribution in [0.5, 0.6) is 0 Å². The fourth-order valence-corrected chi connectivity index (χ4v) is 1.31. The van der Waals surface area contributed by atoms with Crippen LogP contribution in [0.4, 0.5) is 0 Å². The van der Waals surface area contributed by atoms with Crippen LogP contribution in [0, 0.1) is 0 Å². The highest BCUT2D eigenvalue weighted by Gasteiger charge is 2.00. The number of rotatable bonds is 4. The SMILES string of the molecule is CCc1nncn1CCNC(=NC)NC.I. The van der Waals surface area contributed by atoms with E-state index in [1.165, 1.54) is 0 Å². The topological polar surface area (TPSA) is 67.1 Å². The van der Waals surface area contributed by atoms with Crippen molar-refractivity contribution in [3.63, 3.8) is 0 Å². The van der Waals surface area contributed by atoms with Gasteiger partial charge in [-0.1, -0.05) is 6.92 Å². The minimum atomic E-state index is 0. The van der Waals surface area contributed by atoms with Crippen LogP contribution in [0.1, 0.15) is 12.7 Å². The number of aromatic nitrogens is 3. The molecule has 1 rings (SSSR count). The molecule has 0 saturated heterocycles. The lowest BCUT2D eigenvalue weighted by molar-refractivity contribution is 0.635. The molecule has 0 unspecified atom stereocenters. The molecule has 1 aromatic rings. The summed E-state index contributed by atoms with van der Waals surface area (Å²) in [5.41, 5.74) is 0. The fourth-order valence-electron chi connectivity index (χ4n) is 1.31. The second-order valence-electron chi connectivity index (χ2n) is 3.04. The molecular weight excluding hydrogens is 319 g/mol. The van der Waals surface area contributed by atoms with Crippen molar-refractivity contribution >= 4 is 29.9 Å². The number of halogens is 1. The van der Waals surface area contributed by atoms with Gasteiger partial charge >= 0.3 is 0 Å². The van der Waals surface area contributed by atoms with E-state index in [4.69, 9.17) is 0 Å². The summed E-state index contributed by atoms with van der Waals surface area (Å²) in [6, 6.07) is 0. The van der Waals surface area contributed by atoms with Crippen LogP contribution in [0.3, 0.4) is 0 Å². The van der Waals surface area contributed by atoms with Crippen molar-refractivity contribution in [3.8, 4) is 0 Å². The van der Waals surface area contributed by atoms with Gasteiger partial charge in [0.15, 0.2) is 5.96 Å². The van der Waals surface area contributed by atoms with Crippen molar-refractivity contribution in [1.29, 1.82) is 0 Å². The smallest absolute Gasteiger partial charge is 0.190 e. The van der Waals surface area contributed by atoms with Gasteiger partial charge in [-0.25, -0.2) is 0 Å². The second-order valence-corrected chi connectivity index (χ2v) is 3.04. The van der Waals surface area contributed by atoms with Gasteiger partial charge in [0.2, 0.25) is 0 Å². The number of hydrogen-bond donors (Lipinski definition) is 2. The van der Waals surface area contributed by atoms with Gasteiger partial charge in [0.05, 0.1) is 0 Å². The van der Waals surface area contributed by atoms with Gasteiger partial charge in [-0.2, -0.15) is 0 Å². The zero-order valence-corrected chi connectivity index (χ0v) is 12.2. The lowest BCUT2D eigenvalue weighted by Crippen LogP contribution is -2.36. The predicted molar refractivity (Wildman–Crippen MR) is 75.2 cm³/mol. The molecule has 0 atom stereocenters. The van der Waals surface area contributed by atoms with E-state index in [1.54, 1.807) is 13.4 Å². The minimum absolute atomic E-state index is 0. The number of aliphatic imine (C=N–C) groups is 1. The van der Waals surface area contributed by atoms with E-state index in [2.05, 4.69) is 32.7 Å². The number of guanidine groups is 1. The monoisotopic (exact) mass is 338 g/mol. The summed E-state index contributed by atoms with van der Waals surface area (Å²) in [6.45, 7) is 3.72. The third kappa shape index (κ3) is 4.33. The van der Waals surface area contributed by atoms with Crippen LogP contribution in [-0.4, -0.2) is 41.4 Å². The molecule has 92 valence electrons. The number of nitrogens with zero attached hydrogens (tertiary/aromatic N) is 4. The van der Waals surface area contributed by atoms with Crippen LogP contribution < -0.4 is 10.6 Å². The number of nitrogens with one attached hydrogen (secondary N) is 2. The first-order chi connectivity index (χ1) is 7.31. The highest BCUT2D eigenvalue weighted by Crippen LogP contribution is 1.94. The maximum absolute atomic E-state index is 4.02. The van der Waals surface area contributed by atoms with Gasteiger partial charge in [0.1, 0.15) is 12.2 Å². The van der Waals surface area contributed by atoms with Crippen LogP contribution >= 0.6 is 24.0 Å². The quantitative estimate of drug-likeness (QED) is 0.469. The molecule has 0 spiro atoms. The Morgan fingerprint density at radius 2 is 2.31 bits per heavy atom. The molecule has 16 heavy (non-hydrogen) atoms. The van der Waals surface area contributed by atoms with Crippen molar-refractivity contribution in [3.05, 3.63) is 12.2 Å². The minimum Gasteiger partial charge on any atom is -0.359 e. The Hall–Kier alpha value is -0.860. The molecule has 0 aromatic carbocycles. The zero-order chi connectivity index (χ0) is 11.1. The molecule has 0 radical (unpaired) electrons. The van der Waals surface area contributed by atoms with E-state index >= 15 is 0 Å². The lowest BCUT2D eigenvalue weighted by atomic mass is 10.4. The van der Waals surface area contributed by atoms with Gasteiger partial charge in [-0.3, -0.25) is 4.99 Å². The molecule has 0 aliphatic heterocycles. The van der Waals surface area contributed by atoms with Crippen molar-refractivity contribution in [2.45, 2.75) is 19.9 Å². The largest absolute Gasteiger partial charge is 0.359 e. The summed E-state index contributed by atoms with van der Waals surface area (Å²) >= 11 is 0. The van der Waals surface area contributed by atoms with E-state index in [0.29, 0.717) is 0 Å². The Morgan fingerprint density at radius 1 is 1.56 bits per heavy atom. The molecule has 2 N–H and O–H groups in total. The van der Waals surface area contributed by atoms with Crippen LogP contribution in [0.15, 0.2) is 11.3 Å². The summed E-state index contributed by atoms with van der Waals surface area (Å²) in [6.07, 6.45) is 2.66. The van der Waals surface area contributed by atoms with E-state index in [1.807, 2.05) is 11.6 Å². The Bertz CT molecular complexity index is 322. The third-order valence-corrected chi connectivity index (χ3v) is 2.12. The third-order valence-electron chi connectivity index (χ3n) is 2.12. The van der Waals surface area contributed by atoms with Gasteiger partial charge in [0, 0.05) is 33.6 Å². The first-order valence-electron chi connectivity index (χ1n) is 5.06. The Labute approximate surface area is 113 Å². The molecular formula is C9H19IN6. The standard InChI is InChI=1S/C9H18N6.HI/c1-4-8-14-13-7-15(8)6-5-12-9(10-2)11-3;/h7H,4-6H2,1-3H3,(H2,10,11,12);1H. The maximum atomic E-state index is 4.02. The van der Waals surface area contributed by atoms with Crippen molar-refractivity contribution in [2.75, 3.05) is 20.6 Å². The molecule has 1 heterocycles. The Balaban J connectivity index is 0.00000225. The van der Waals surface area contributed by atoms with Gasteiger partial charge in [0.25, 0.3) is 0 Å². The van der Waals surface area contributed by atoms with E-state index in [9.17, 15) is 0 Å². The van der Waals surface area contributed by atoms with Gasteiger partial charge in [-0.05, 0) is 0 Å². The van der Waals surface area contributed by atoms with E-state index in [-0.39, 0.29) is 24.0 Å². The molecule has 0 bridgehead atoms. The highest BCUT2D eigenvalue weighted by molar-refractivity contribution is 14.0. The predicted octanol–water partition coefficient (Wildman–Crippen LogP) is 0.253. The molecule has 0 aliphatic rings. The zero-order valence-electron chi connectivity index (χ0n) is 9.90. The molecule has 0 aliphatic carbocycles. The van der Waals surface area contributed by atoms with Crippen molar-refractivity contribution in [1.82, 2.24) is 25.4 Å². The second kappa shape index (κ2) is 8.31. The van der Waals surface area contributed by atoms with Crippen molar-refractivity contribution < 1.29 is 0 Å². The molecule has 0 saturated carbocycles. The Morgan fingerprint density at radius 3 is 2.88 bits per heavy atom.